The largest absolute Gasteiger partial charge is 0.416 e. The molecule has 3 aromatic rings. The number of halogens is 3. The van der Waals surface area contributed by atoms with Gasteiger partial charge in [0.15, 0.2) is 17.0 Å². The van der Waals surface area contributed by atoms with E-state index in [9.17, 15) is 13.2 Å². The molecule has 118 valence electrons. The van der Waals surface area contributed by atoms with Crippen LogP contribution in [0.5, 0.6) is 0 Å². The predicted octanol–water partition coefficient (Wildman–Crippen LogP) is 2.58. The van der Waals surface area contributed by atoms with Crippen LogP contribution < -0.4 is 11.5 Å². The highest BCUT2D eigenvalue weighted by Crippen LogP contribution is 2.32. The molecule has 0 spiro atoms. The second-order valence-corrected chi connectivity index (χ2v) is 4.88. The summed E-state index contributed by atoms with van der Waals surface area (Å²) in [5.41, 5.74) is 11.8. The van der Waals surface area contributed by atoms with Crippen molar-refractivity contribution < 1.29 is 13.2 Å². The second kappa shape index (κ2) is 5.04. The molecule has 1 aromatic carbocycles. The highest BCUT2D eigenvalue weighted by atomic mass is 19.4. The van der Waals surface area contributed by atoms with Gasteiger partial charge in [-0.3, -0.25) is 0 Å². The van der Waals surface area contributed by atoms with Gasteiger partial charge >= 0.3 is 6.18 Å². The number of nitrogen functional groups attached to an aromatic ring is 2. The Hall–Kier alpha value is -2.97. The first-order valence-electron chi connectivity index (χ1n) is 6.50. The summed E-state index contributed by atoms with van der Waals surface area (Å²) in [6, 6.07) is 4.83. The molecule has 0 aliphatic carbocycles. The molecule has 4 N–H and O–H groups in total. The van der Waals surface area contributed by atoms with Crippen LogP contribution in [-0.4, -0.2) is 19.9 Å². The zero-order valence-electron chi connectivity index (χ0n) is 11.9. The molecule has 0 aliphatic heterocycles. The lowest BCUT2D eigenvalue weighted by Crippen LogP contribution is -2.06. The third kappa shape index (κ3) is 2.72. The zero-order chi connectivity index (χ0) is 16.8. The SMILES string of the molecule is Cc1nc2nc(N)nc(N)c2nc1-c1cccc(C(F)(F)F)c1. The summed E-state index contributed by atoms with van der Waals surface area (Å²) in [6.45, 7) is 1.62. The van der Waals surface area contributed by atoms with Gasteiger partial charge in [-0.15, -0.1) is 0 Å². The van der Waals surface area contributed by atoms with Crippen molar-refractivity contribution in [2.75, 3.05) is 11.5 Å². The molecule has 9 heteroatoms. The van der Waals surface area contributed by atoms with Crippen molar-refractivity contribution in [1.29, 1.82) is 0 Å². The number of hydrogen-bond donors (Lipinski definition) is 2. The molecule has 6 nitrogen and oxygen atoms in total. The maximum Gasteiger partial charge on any atom is 0.416 e. The van der Waals surface area contributed by atoms with Crippen molar-refractivity contribution in [1.82, 2.24) is 19.9 Å². The Morgan fingerprint density at radius 3 is 2.43 bits per heavy atom. The number of aryl methyl sites for hydroxylation is 1. The van der Waals surface area contributed by atoms with Gasteiger partial charge in [0.2, 0.25) is 5.95 Å². The average Bonchev–Trinajstić information content (AvgIpc) is 2.45. The molecule has 2 heterocycles. The van der Waals surface area contributed by atoms with Crippen LogP contribution in [0.4, 0.5) is 24.9 Å². The van der Waals surface area contributed by atoms with E-state index in [1.54, 1.807) is 6.92 Å². The quantitative estimate of drug-likeness (QED) is 0.714. The molecule has 0 amide bonds. The number of nitrogens with zero attached hydrogens (tertiary/aromatic N) is 4. The van der Waals surface area contributed by atoms with E-state index in [1.807, 2.05) is 0 Å². The molecule has 0 radical (unpaired) electrons. The van der Waals surface area contributed by atoms with Crippen LogP contribution in [0.15, 0.2) is 24.3 Å². The fourth-order valence-corrected chi connectivity index (χ4v) is 2.18. The summed E-state index contributed by atoms with van der Waals surface area (Å²) in [4.78, 5) is 16.2. The van der Waals surface area contributed by atoms with Gasteiger partial charge in [0, 0.05) is 5.56 Å². The monoisotopic (exact) mass is 320 g/mol. The average molecular weight is 320 g/mol. The van der Waals surface area contributed by atoms with E-state index in [-0.39, 0.29) is 34.2 Å². The Balaban J connectivity index is 2.23. The topological polar surface area (TPSA) is 104 Å². The van der Waals surface area contributed by atoms with Gasteiger partial charge in [-0.2, -0.15) is 23.1 Å². The summed E-state index contributed by atoms with van der Waals surface area (Å²) < 4.78 is 38.6. The van der Waals surface area contributed by atoms with E-state index in [1.165, 1.54) is 12.1 Å². The lowest BCUT2D eigenvalue weighted by molar-refractivity contribution is -0.137. The van der Waals surface area contributed by atoms with Gasteiger partial charge in [0.1, 0.15) is 0 Å². The zero-order valence-corrected chi connectivity index (χ0v) is 11.9. The molecule has 0 saturated heterocycles. The highest BCUT2D eigenvalue weighted by Gasteiger charge is 2.30. The minimum atomic E-state index is -4.44. The van der Waals surface area contributed by atoms with E-state index in [0.717, 1.165) is 12.1 Å². The van der Waals surface area contributed by atoms with Crippen molar-refractivity contribution in [2.45, 2.75) is 13.1 Å². The Bertz CT molecular complexity index is 907. The van der Waals surface area contributed by atoms with Crippen molar-refractivity contribution >= 4 is 22.9 Å². The number of rotatable bonds is 1. The van der Waals surface area contributed by atoms with Crippen LogP contribution in [0, 0.1) is 6.92 Å². The maximum absolute atomic E-state index is 12.9. The van der Waals surface area contributed by atoms with Crippen LogP contribution in [0.1, 0.15) is 11.3 Å². The molecule has 3 rings (SSSR count). The first-order valence-corrected chi connectivity index (χ1v) is 6.50. The first-order chi connectivity index (χ1) is 10.8. The van der Waals surface area contributed by atoms with Crippen molar-refractivity contribution in [3.63, 3.8) is 0 Å². The maximum atomic E-state index is 12.9. The smallest absolute Gasteiger partial charge is 0.382 e. The van der Waals surface area contributed by atoms with Crippen LogP contribution in [0.25, 0.3) is 22.4 Å². The van der Waals surface area contributed by atoms with Crippen LogP contribution >= 0.6 is 0 Å². The Morgan fingerprint density at radius 2 is 1.74 bits per heavy atom. The summed E-state index contributed by atoms with van der Waals surface area (Å²) in [5.74, 6) is -0.0243. The van der Waals surface area contributed by atoms with Gasteiger partial charge in [-0.05, 0) is 19.1 Å². The van der Waals surface area contributed by atoms with E-state index in [4.69, 9.17) is 11.5 Å². The van der Waals surface area contributed by atoms with Gasteiger partial charge in [-0.25, -0.2) is 9.97 Å². The third-order valence-electron chi connectivity index (χ3n) is 3.21. The molecule has 23 heavy (non-hydrogen) atoms. The lowest BCUT2D eigenvalue weighted by atomic mass is 10.1. The van der Waals surface area contributed by atoms with Crippen LogP contribution in [0.3, 0.4) is 0 Å². The predicted molar refractivity (Wildman–Crippen MR) is 79.1 cm³/mol. The molecular weight excluding hydrogens is 309 g/mol. The molecule has 0 bridgehead atoms. The van der Waals surface area contributed by atoms with E-state index in [2.05, 4.69) is 19.9 Å². The molecule has 0 fully saturated rings. The standard InChI is InChI=1S/C14H11F3N6/c1-6-9(7-3-2-4-8(5-7)14(15,16)17)21-10-11(18)22-13(19)23-12(10)20-6/h2-5H,1H3,(H4,18,19,20,22,23). The second-order valence-electron chi connectivity index (χ2n) is 4.88. The van der Waals surface area contributed by atoms with Gasteiger partial charge in [-0.1, -0.05) is 12.1 Å². The Labute approximate surface area is 128 Å². The van der Waals surface area contributed by atoms with E-state index in [0.29, 0.717) is 5.69 Å². The number of fused-ring (bicyclic) bond motifs is 1. The van der Waals surface area contributed by atoms with Gasteiger partial charge < -0.3 is 11.5 Å². The van der Waals surface area contributed by atoms with E-state index < -0.39 is 11.7 Å². The summed E-state index contributed by atoms with van der Waals surface area (Å²) in [6.07, 6.45) is -4.44. The minimum absolute atomic E-state index is 0.0215. The molecule has 0 saturated carbocycles. The number of benzene rings is 1. The Kier molecular flexibility index (Phi) is 3.28. The lowest BCUT2D eigenvalue weighted by Gasteiger charge is -2.11. The van der Waals surface area contributed by atoms with E-state index >= 15 is 0 Å². The molecule has 0 unspecified atom stereocenters. The summed E-state index contributed by atoms with van der Waals surface area (Å²) in [5, 5.41) is 0. The van der Waals surface area contributed by atoms with Crippen LogP contribution in [0.2, 0.25) is 0 Å². The number of alkyl halides is 3. The normalized spacial score (nSPS) is 11.8. The van der Waals surface area contributed by atoms with Crippen LogP contribution in [-0.2, 0) is 6.18 Å². The fourth-order valence-electron chi connectivity index (χ4n) is 2.18. The summed E-state index contributed by atoms with van der Waals surface area (Å²) >= 11 is 0. The fraction of sp³-hybridized carbons (Fsp3) is 0.143. The summed E-state index contributed by atoms with van der Waals surface area (Å²) in [7, 11) is 0. The number of nitrogens with two attached hydrogens (primary N) is 2. The van der Waals surface area contributed by atoms with Crippen molar-refractivity contribution in [3.8, 4) is 11.3 Å². The molecule has 0 aliphatic rings. The van der Waals surface area contributed by atoms with Gasteiger partial charge in [0.25, 0.3) is 0 Å². The van der Waals surface area contributed by atoms with Crippen molar-refractivity contribution in [2.24, 2.45) is 0 Å². The minimum Gasteiger partial charge on any atom is -0.382 e. The number of anilines is 2. The van der Waals surface area contributed by atoms with Crippen molar-refractivity contribution in [3.05, 3.63) is 35.5 Å². The number of hydrogen-bond acceptors (Lipinski definition) is 6. The third-order valence-corrected chi connectivity index (χ3v) is 3.21. The van der Waals surface area contributed by atoms with Gasteiger partial charge in [0.05, 0.1) is 17.0 Å². The molecule has 0 atom stereocenters. The first kappa shape index (κ1) is 14.9. The molecular formula is C14H11F3N6. The molecule has 2 aromatic heterocycles. The highest BCUT2D eigenvalue weighted by molar-refractivity contribution is 5.84. The number of aromatic nitrogens is 4. The Morgan fingerprint density at radius 1 is 1.00 bits per heavy atom.